The van der Waals surface area contributed by atoms with E-state index in [1.54, 1.807) is 0 Å². The number of benzene rings is 3. The number of allylic oxidation sites excluding steroid dienone is 1. The summed E-state index contributed by atoms with van der Waals surface area (Å²) in [5, 5.41) is 12.3. The molecule has 0 unspecified atom stereocenters. The minimum Gasteiger partial charge on any atom is -0.459 e. The molecule has 3 aromatic rings. The van der Waals surface area contributed by atoms with Gasteiger partial charge in [0.2, 0.25) is 12.2 Å². The van der Waals surface area contributed by atoms with Gasteiger partial charge in [0.15, 0.2) is 5.76 Å². The molecule has 0 saturated carbocycles. The Hall–Kier alpha value is -4.14. The normalized spacial score (nSPS) is 21.8. The third kappa shape index (κ3) is 5.16. The first-order chi connectivity index (χ1) is 21.6. The number of aliphatic hydroxyl groups excluding tert-OH is 1. The smallest absolute Gasteiger partial charge is 0.288 e. The number of fused-ring (bicyclic) bond motifs is 3. The highest BCUT2D eigenvalue weighted by atomic mass is 16.7. The van der Waals surface area contributed by atoms with Crippen LogP contribution in [0.2, 0.25) is 0 Å². The van der Waals surface area contributed by atoms with E-state index in [0.29, 0.717) is 57.8 Å². The molecule has 2 fully saturated rings. The quantitative estimate of drug-likeness (QED) is 0.288. The lowest BCUT2D eigenvalue weighted by Gasteiger charge is -2.43. The molecule has 2 amide bonds. The lowest BCUT2D eigenvalue weighted by atomic mass is 9.85. The predicted octanol–water partition coefficient (Wildman–Crippen LogP) is 4.72. The zero-order valence-electron chi connectivity index (χ0n) is 24.9. The molecule has 0 radical (unpaired) electrons. The second-order valence-electron chi connectivity index (χ2n) is 12.2. The SMILES string of the molecule is O=C(C1=C[C@@H](c2cccc3c2Cc2ccccc2-3)C[C@@H](OCCCCO)O1)N1CCC2(CC1)C(=O)NCN2c1ccccc1. The van der Waals surface area contributed by atoms with Crippen molar-refractivity contribution in [2.45, 2.75) is 56.3 Å². The number of carbonyl (C=O) groups is 2. The van der Waals surface area contributed by atoms with E-state index < -0.39 is 11.8 Å². The Bertz CT molecular complexity index is 1560. The summed E-state index contributed by atoms with van der Waals surface area (Å²) in [6.07, 6.45) is 5.36. The molecule has 3 aliphatic heterocycles. The fourth-order valence-corrected chi connectivity index (χ4v) is 7.35. The molecule has 7 rings (SSSR count). The molecule has 8 nitrogen and oxygen atoms in total. The molecular formula is C36H39N3O5. The molecule has 3 heterocycles. The van der Waals surface area contributed by atoms with Crippen molar-refractivity contribution < 1.29 is 24.2 Å². The largest absolute Gasteiger partial charge is 0.459 e. The van der Waals surface area contributed by atoms with E-state index >= 15 is 0 Å². The van der Waals surface area contributed by atoms with Crippen molar-refractivity contribution >= 4 is 17.5 Å². The minimum atomic E-state index is -0.666. The molecule has 0 aromatic heterocycles. The molecule has 2 saturated heterocycles. The third-order valence-corrected chi connectivity index (χ3v) is 9.69. The fraction of sp³-hybridized carbons (Fsp3) is 0.389. The Balaban J connectivity index is 1.13. The lowest BCUT2D eigenvalue weighted by molar-refractivity contribution is -0.154. The number of ether oxygens (including phenoxy) is 2. The first-order valence-corrected chi connectivity index (χ1v) is 15.8. The molecule has 8 heteroatoms. The van der Waals surface area contributed by atoms with Crippen LogP contribution in [0.1, 0.15) is 54.7 Å². The van der Waals surface area contributed by atoms with Gasteiger partial charge in [0.1, 0.15) is 5.54 Å². The van der Waals surface area contributed by atoms with Gasteiger partial charge in [-0.15, -0.1) is 0 Å². The van der Waals surface area contributed by atoms with Crippen LogP contribution < -0.4 is 10.2 Å². The topological polar surface area (TPSA) is 91.3 Å². The number of nitrogens with one attached hydrogen (secondary N) is 1. The van der Waals surface area contributed by atoms with Crippen LogP contribution in [0.3, 0.4) is 0 Å². The molecule has 2 N–H and O–H groups in total. The highest BCUT2D eigenvalue weighted by Gasteiger charge is 2.51. The number of carbonyl (C=O) groups excluding carboxylic acids is 2. The molecular weight excluding hydrogens is 554 g/mol. The van der Waals surface area contributed by atoms with Crippen LogP contribution in [0.5, 0.6) is 0 Å². The number of piperidine rings is 1. The van der Waals surface area contributed by atoms with Gasteiger partial charge in [0.25, 0.3) is 5.91 Å². The summed E-state index contributed by atoms with van der Waals surface area (Å²) in [4.78, 5) is 31.2. The summed E-state index contributed by atoms with van der Waals surface area (Å²) in [6, 6.07) is 25.0. The van der Waals surface area contributed by atoms with Crippen molar-refractivity contribution in [1.29, 1.82) is 0 Å². The Morgan fingerprint density at radius 1 is 0.977 bits per heavy atom. The van der Waals surface area contributed by atoms with E-state index in [1.807, 2.05) is 41.3 Å². The van der Waals surface area contributed by atoms with E-state index in [4.69, 9.17) is 9.47 Å². The first-order valence-electron chi connectivity index (χ1n) is 15.8. The summed E-state index contributed by atoms with van der Waals surface area (Å²) in [5.41, 5.74) is 6.69. The summed E-state index contributed by atoms with van der Waals surface area (Å²) < 4.78 is 12.4. The van der Waals surface area contributed by atoms with Crippen molar-refractivity contribution in [3.63, 3.8) is 0 Å². The van der Waals surface area contributed by atoms with Crippen LogP contribution in [0.15, 0.2) is 84.6 Å². The van der Waals surface area contributed by atoms with E-state index in [9.17, 15) is 14.7 Å². The molecule has 44 heavy (non-hydrogen) atoms. The number of hydrogen-bond acceptors (Lipinski definition) is 6. The van der Waals surface area contributed by atoms with Gasteiger partial charge in [-0.25, -0.2) is 0 Å². The minimum absolute atomic E-state index is 0.0249. The number of unbranched alkanes of at least 4 members (excludes halogenated alkanes) is 1. The van der Waals surface area contributed by atoms with Gasteiger partial charge < -0.3 is 29.7 Å². The third-order valence-electron chi connectivity index (χ3n) is 9.69. The maximum absolute atomic E-state index is 14.0. The lowest BCUT2D eigenvalue weighted by Crippen LogP contribution is -2.57. The van der Waals surface area contributed by atoms with E-state index in [0.717, 1.165) is 18.5 Å². The number of likely N-dealkylation sites (tertiary alicyclic amines) is 1. The summed E-state index contributed by atoms with van der Waals surface area (Å²) >= 11 is 0. The van der Waals surface area contributed by atoms with Gasteiger partial charge in [-0.05, 0) is 78.1 Å². The van der Waals surface area contributed by atoms with Crippen molar-refractivity contribution in [1.82, 2.24) is 10.2 Å². The van der Waals surface area contributed by atoms with Crippen LogP contribution in [-0.4, -0.2) is 66.6 Å². The summed E-state index contributed by atoms with van der Waals surface area (Å²) in [6.45, 7) is 1.95. The average Bonchev–Trinajstić information content (AvgIpc) is 3.60. The molecule has 1 spiro atoms. The second kappa shape index (κ2) is 12.1. The second-order valence-corrected chi connectivity index (χ2v) is 12.2. The highest BCUT2D eigenvalue weighted by Crippen LogP contribution is 2.43. The van der Waals surface area contributed by atoms with Crippen LogP contribution in [0.25, 0.3) is 11.1 Å². The van der Waals surface area contributed by atoms with Gasteiger partial charge in [-0.2, -0.15) is 0 Å². The van der Waals surface area contributed by atoms with Gasteiger partial charge in [-0.3, -0.25) is 9.59 Å². The number of rotatable bonds is 8. The van der Waals surface area contributed by atoms with Gasteiger partial charge in [-0.1, -0.05) is 60.7 Å². The number of para-hydroxylation sites is 1. The molecule has 0 bridgehead atoms. The van der Waals surface area contributed by atoms with E-state index in [2.05, 4.69) is 52.7 Å². The summed E-state index contributed by atoms with van der Waals surface area (Å²) in [7, 11) is 0. The van der Waals surface area contributed by atoms with Crippen molar-refractivity contribution in [3.05, 3.63) is 101 Å². The van der Waals surface area contributed by atoms with Crippen LogP contribution in [0, 0.1) is 0 Å². The molecule has 3 aromatic carbocycles. The number of anilines is 1. The fourth-order valence-electron chi connectivity index (χ4n) is 7.35. The zero-order valence-corrected chi connectivity index (χ0v) is 24.9. The first kappa shape index (κ1) is 28.6. The van der Waals surface area contributed by atoms with Gasteiger partial charge >= 0.3 is 0 Å². The van der Waals surface area contributed by atoms with Crippen molar-refractivity contribution in [2.24, 2.45) is 0 Å². The predicted molar refractivity (Wildman–Crippen MR) is 168 cm³/mol. The van der Waals surface area contributed by atoms with E-state index in [1.165, 1.54) is 27.8 Å². The molecule has 1 aliphatic carbocycles. The monoisotopic (exact) mass is 593 g/mol. The Kier molecular flexibility index (Phi) is 7.87. The molecule has 228 valence electrons. The van der Waals surface area contributed by atoms with E-state index in [-0.39, 0.29) is 24.3 Å². The Morgan fingerprint density at radius 2 is 1.75 bits per heavy atom. The molecule has 4 aliphatic rings. The van der Waals surface area contributed by atoms with Crippen molar-refractivity contribution in [2.75, 3.05) is 37.9 Å². The summed E-state index contributed by atoms with van der Waals surface area (Å²) in [5.74, 6) is 0.138. The van der Waals surface area contributed by atoms with Crippen LogP contribution in [0.4, 0.5) is 5.69 Å². The number of amides is 2. The Labute approximate surface area is 258 Å². The van der Waals surface area contributed by atoms with Crippen LogP contribution in [-0.2, 0) is 25.5 Å². The highest BCUT2D eigenvalue weighted by molar-refractivity contribution is 5.95. The zero-order chi connectivity index (χ0) is 30.1. The van der Waals surface area contributed by atoms with Crippen LogP contribution >= 0.6 is 0 Å². The van der Waals surface area contributed by atoms with Gasteiger partial charge in [0.05, 0.1) is 13.3 Å². The average molecular weight is 594 g/mol. The number of hydrogen-bond donors (Lipinski definition) is 2. The molecule has 2 atom stereocenters. The van der Waals surface area contributed by atoms with Gasteiger partial charge in [0, 0.05) is 37.7 Å². The Morgan fingerprint density at radius 3 is 2.57 bits per heavy atom. The standard InChI is InChI=1S/C36H39N3O5/c40-19-6-7-20-43-33-23-26(29-13-8-14-30-28-12-5-4-9-25(28)21-31(29)30)22-32(44-33)34(41)38-17-15-36(16-18-38)35(42)37-24-39(36)27-10-2-1-3-11-27/h1-5,8-14,22,26,33,40H,6-7,15-21,23-24H2,(H,37,42)/t26-,33+/m1/s1. The number of nitrogens with zero attached hydrogens (tertiary/aromatic N) is 2. The van der Waals surface area contributed by atoms with Crippen molar-refractivity contribution in [3.8, 4) is 11.1 Å². The number of aliphatic hydroxyl groups is 1. The maximum atomic E-state index is 14.0. The maximum Gasteiger partial charge on any atom is 0.288 e.